The Morgan fingerprint density at radius 3 is 2.62 bits per heavy atom. The van der Waals surface area contributed by atoms with E-state index in [-0.39, 0.29) is 5.54 Å². The first kappa shape index (κ1) is 11.3. The fraction of sp³-hybridized carbons (Fsp3) is 0.571. The molecule has 2 rings (SSSR count). The summed E-state index contributed by atoms with van der Waals surface area (Å²) in [5.41, 5.74) is 4.17. The molecule has 1 heterocycles. The minimum absolute atomic E-state index is 0.183. The molecule has 2 nitrogen and oxygen atoms in total. The molecular formula is C14H22N2. The van der Waals surface area contributed by atoms with Gasteiger partial charge in [0.2, 0.25) is 0 Å². The molecular weight excluding hydrogens is 196 g/mol. The first-order valence-electron chi connectivity index (χ1n) is 6.03. The third kappa shape index (κ3) is 1.77. The smallest absolute Gasteiger partial charge is 0.0607 e. The van der Waals surface area contributed by atoms with Crippen molar-refractivity contribution in [3.8, 4) is 0 Å². The molecule has 2 heteroatoms. The van der Waals surface area contributed by atoms with Crippen LogP contribution in [0, 0.1) is 0 Å². The Morgan fingerprint density at radius 2 is 2.00 bits per heavy atom. The second-order valence-electron chi connectivity index (χ2n) is 5.66. The zero-order chi connectivity index (χ0) is 11.9. The molecule has 1 aliphatic rings. The SMILES string of the molecule is CC(C)c1ccc2c(c1)N(C)C(C)(C)CN2. The second kappa shape index (κ2) is 3.69. The molecule has 0 atom stereocenters. The highest BCUT2D eigenvalue weighted by Crippen LogP contribution is 2.36. The third-order valence-corrected chi connectivity index (χ3v) is 3.67. The highest BCUT2D eigenvalue weighted by Gasteiger charge is 2.29. The van der Waals surface area contributed by atoms with E-state index in [0.717, 1.165) is 6.54 Å². The van der Waals surface area contributed by atoms with E-state index in [0.29, 0.717) is 5.92 Å². The van der Waals surface area contributed by atoms with Crippen molar-refractivity contribution in [3.05, 3.63) is 23.8 Å². The molecule has 0 radical (unpaired) electrons. The molecule has 0 amide bonds. The van der Waals surface area contributed by atoms with Crippen LogP contribution in [0.3, 0.4) is 0 Å². The van der Waals surface area contributed by atoms with Crippen molar-refractivity contribution in [2.75, 3.05) is 23.8 Å². The lowest BCUT2D eigenvalue weighted by Crippen LogP contribution is -2.50. The number of nitrogens with one attached hydrogen (secondary N) is 1. The molecule has 88 valence electrons. The molecule has 1 N–H and O–H groups in total. The van der Waals surface area contributed by atoms with Crippen LogP contribution in [0.25, 0.3) is 0 Å². The number of hydrogen-bond acceptors (Lipinski definition) is 2. The Hall–Kier alpha value is -1.18. The highest BCUT2D eigenvalue weighted by molar-refractivity contribution is 5.74. The first-order valence-corrected chi connectivity index (χ1v) is 6.03. The van der Waals surface area contributed by atoms with E-state index in [9.17, 15) is 0 Å². The average Bonchev–Trinajstić information content (AvgIpc) is 2.23. The van der Waals surface area contributed by atoms with Gasteiger partial charge in [0, 0.05) is 13.6 Å². The number of likely N-dealkylation sites (N-methyl/N-ethyl adjacent to an activating group) is 1. The second-order valence-corrected chi connectivity index (χ2v) is 5.66. The zero-order valence-corrected chi connectivity index (χ0v) is 11.0. The third-order valence-electron chi connectivity index (χ3n) is 3.67. The number of hydrogen-bond donors (Lipinski definition) is 1. The lowest BCUT2D eigenvalue weighted by Gasteiger charge is -2.43. The summed E-state index contributed by atoms with van der Waals surface area (Å²) >= 11 is 0. The van der Waals surface area contributed by atoms with Gasteiger partial charge in [0.05, 0.1) is 16.9 Å². The summed E-state index contributed by atoms with van der Waals surface area (Å²) in [5.74, 6) is 0.587. The molecule has 0 saturated carbocycles. The number of benzene rings is 1. The van der Waals surface area contributed by atoms with Crippen molar-refractivity contribution < 1.29 is 0 Å². The van der Waals surface area contributed by atoms with Gasteiger partial charge in [-0.25, -0.2) is 0 Å². The predicted molar refractivity (Wildman–Crippen MR) is 71.5 cm³/mol. The summed E-state index contributed by atoms with van der Waals surface area (Å²) in [6, 6.07) is 6.74. The minimum atomic E-state index is 0.183. The van der Waals surface area contributed by atoms with E-state index >= 15 is 0 Å². The van der Waals surface area contributed by atoms with Gasteiger partial charge in [-0.1, -0.05) is 19.9 Å². The Labute approximate surface area is 98.7 Å². The Kier molecular flexibility index (Phi) is 2.61. The van der Waals surface area contributed by atoms with Crippen molar-refractivity contribution in [3.63, 3.8) is 0 Å². The van der Waals surface area contributed by atoms with E-state index in [1.165, 1.54) is 16.9 Å². The maximum absolute atomic E-state index is 3.51. The van der Waals surface area contributed by atoms with Crippen LogP contribution in [0.1, 0.15) is 39.2 Å². The summed E-state index contributed by atoms with van der Waals surface area (Å²) in [7, 11) is 2.18. The average molecular weight is 218 g/mol. The van der Waals surface area contributed by atoms with Crippen molar-refractivity contribution in [1.29, 1.82) is 0 Å². The molecule has 0 bridgehead atoms. The zero-order valence-electron chi connectivity index (χ0n) is 11.0. The van der Waals surface area contributed by atoms with E-state index in [2.05, 4.69) is 63.2 Å². The summed E-state index contributed by atoms with van der Waals surface area (Å²) in [6.45, 7) is 10.0. The van der Waals surface area contributed by atoms with Crippen LogP contribution < -0.4 is 10.2 Å². The summed E-state index contributed by atoms with van der Waals surface area (Å²) in [5, 5.41) is 3.51. The van der Waals surface area contributed by atoms with Crippen LogP contribution in [-0.4, -0.2) is 19.1 Å². The molecule has 0 saturated heterocycles. The van der Waals surface area contributed by atoms with Crippen LogP contribution in [-0.2, 0) is 0 Å². The molecule has 0 fully saturated rings. The lowest BCUT2D eigenvalue weighted by molar-refractivity contribution is 0.502. The van der Waals surface area contributed by atoms with Crippen LogP contribution in [0.15, 0.2) is 18.2 Å². The molecule has 16 heavy (non-hydrogen) atoms. The van der Waals surface area contributed by atoms with Crippen LogP contribution in [0.2, 0.25) is 0 Å². The monoisotopic (exact) mass is 218 g/mol. The summed E-state index contributed by atoms with van der Waals surface area (Å²) < 4.78 is 0. The van der Waals surface area contributed by atoms with Gasteiger partial charge in [0.25, 0.3) is 0 Å². The summed E-state index contributed by atoms with van der Waals surface area (Å²) in [6.07, 6.45) is 0. The van der Waals surface area contributed by atoms with E-state index in [1.54, 1.807) is 0 Å². The van der Waals surface area contributed by atoms with Gasteiger partial charge in [-0.3, -0.25) is 0 Å². The highest BCUT2D eigenvalue weighted by atomic mass is 15.2. The minimum Gasteiger partial charge on any atom is -0.381 e. The van der Waals surface area contributed by atoms with E-state index < -0.39 is 0 Å². The van der Waals surface area contributed by atoms with E-state index in [1.807, 2.05) is 0 Å². The van der Waals surface area contributed by atoms with Gasteiger partial charge < -0.3 is 10.2 Å². The number of anilines is 2. The maximum atomic E-state index is 3.51. The number of fused-ring (bicyclic) bond motifs is 1. The largest absolute Gasteiger partial charge is 0.381 e. The molecule has 0 unspecified atom stereocenters. The van der Waals surface area contributed by atoms with Crippen LogP contribution in [0.5, 0.6) is 0 Å². The van der Waals surface area contributed by atoms with E-state index in [4.69, 9.17) is 0 Å². The molecule has 0 aromatic heterocycles. The maximum Gasteiger partial charge on any atom is 0.0607 e. The molecule has 1 aromatic carbocycles. The van der Waals surface area contributed by atoms with Gasteiger partial charge in [0.15, 0.2) is 0 Å². The lowest BCUT2D eigenvalue weighted by atomic mass is 9.95. The fourth-order valence-electron chi connectivity index (χ4n) is 2.09. The van der Waals surface area contributed by atoms with Crippen molar-refractivity contribution in [2.45, 2.75) is 39.2 Å². The quantitative estimate of drug-likeness (QED) is 0.776. The van der Waals surface area contributed by atoms with Crippen molar-refractivity contribution in [2.24, 2.45) is 0 Å². The predicted octanol–water partition coefficient (Wildman–Crippen LogP) is 3.45. The van der Waals surface area contributed by atoms with Gasteiger partial charge >= 0.3 is 0 Å². The fourth-order valence-corrected chi connectivity index (χ4v) is 2.09. The van der Waals surface area contributed by atoms with Gasteiger partial charge in [-0.2, -0.15) is 0 Å². The molecule has 0 spiro atoms. The number of nitrogens with zero attached hydrogens (tertiary/aromatic N) is 1. The standard InChI is InChI=1S/C14H22N2/c1-10(2)11-6-7-12-13(8-11)16(5)14(3,4)9-15-12/h6-8,10,15H,9H2,1-5H3. The topological polar surface area (TPSA) is 15.3 Å². The first-order chi connectivity index (χ1) is 7.42. The van der Waals surface area contributed by atoms with Crippen molar-refractivity contribution in [1.82, 2.24) is 0 Å². The normalized spacial score (nSPS) is 18.2. The van der Waals surface area contributed by atoms with Crippen molar-refractivity contribution >= 4 is 11.4 Å². The molecule has 1 aliphatic heterocycles. The number of rotatable bonds is 1. The van der Waals surface area contributed by atoms with Gasteiger partial charge in [-0.15, -0.1) is 0 Å². The Morgan fingerprint density at radius 1 is 1.31 bits per heavy atom. The van der Waals surface area contributed by atoms with Gasteiger partial charge in [0.1, 0.15) is 0 Å². The van der Waals surface area contributed by atoms with Crippen LogP contribution in [0.4, 0.5) is 11.4 Å². The summed E-state index contributed by atoms with van der Waals surface area (Å²) in [4.78, 5) is 2.38. The van der Waals surface area contributed by atoms with Crippen LogP contribution >= 0.6 is 0 Å². The van der Waals surface area contributed by atoms with Gasteiger partial charge in [-0.05, 0) is 37.5 Å². The molecule has 1 aromatic rings. The Balaban J connectivity index is 2.45. The molecule has 0 aliphatic carbocycles. The Bertz CT molecular complexity index is 394.